The zero-order valence-electron chi connectivity index (χ0n) is 15.2. The first-order valence-electron chi connectivity index (χ1n) is 8.60. The van der Waals surface area contributed by atoms with E-state index < -0.39 is 29.0 Å². The van der Waals surface area contributed by atoms with Crippen molar-refractivity contribution in [2.75, 3.05) is 25.0 Å². The first kappa shape index (κ1) is 21.6. The third-order valence-electron chi connectivity index (χ3n) is 3.65. The fourth-order valence-corrected chi connectivity index (χ4v) is 2.41. The summed E-state index contributed by atoms with van der Waals surface area (Å²) < 4.78 is 39.7. The molecule has 3 N–H and O–H groups in total. The molecule has 2 rings (SSSR count). The third kappa shape index (κ3) is 6.45. The number of aliphatic imine (C=N–C) groups is 1. The van der Waals surface area contributed by atoms with E-state index in [1.807, 2.05) is 19.1 Å². The smallest absolute Gasteiger partial charge is 0.246 e. The predicted octanol–water partition coefficient (Wildman–Crippen LogP) is 3.49. The lowest BCUT2D eigenvalue weighted by Crippen LogP contribution is -2.39. The zero-order valence-corrected chi connectivity index (χ0v) is 15.9. The number of anilines is 1. The van der Waals surface area contributed by atoms with Crippen LogP contribution in [0.5, 0.6) is 0 Å². The molecule has 5 nitrogen and oxygen atoms in total. The van der Waals surface area contributed by atoms with Gasteiger partial charge in [0.05, 0.1) is 5.69 Å². The molecule has 0 fully saturated rings. The van der Waals surface area contributed by atoms with Gasteiger partial charge < -0.3 is 16.0 Å². The maximum atomic E-state index is 13.6. The number of hydrogen-bond donors (Lipinski definition) is 3. The van der Waals surface area contributed by atoms with Gasteiger partial charge in [0.2, 0.25) is 5.91 Å². The molecule has 0 saturated carbocycles. The Morgan fingerprint density at radius 2 is 1.75 bits per heavy atom. The van der Waals surface area contributed by atoms with Crippen molar-refractivity contribution in [3.63, 3.8) is 0 Å². The van der Waals surface area contributed by atoms with Crippen LogP contribution in [0.25, 0.3) is 0 Å². The van der Waals surface area contributed by atoms with Crippen molar-refractivity contribution in [1.29, 1.82) is 0 Å². The van der Waals surface area contributed by atoms with Gasteiger partial charge in [0.15, 0.2) is 23.4 Å². The van der Waals surface area contributed by atoms with Crippen molar-refractivity contribution in [2.45, 2.75) is 13.3 Å². The molecule has 2 aromatic rings. The van der Waals surface area contributed by atoms with Crippen molar-refractivity contribution in [3.05, 3.63) is 64.4 Å². The topological polar surface area (TPSA) is 65.5 Å². The van der Waals surface area contributed by atoms with Crippen LogP contribution in [0.15, 0.2) is 41.4 Å². The van der Waals surface area contributed by atoms with E-state index >= 15 is 0 Å². The highest BCUT2D eigenvalue weighted by molar-refractivity contribution is 6.30. The number of carbonyl (C=O) groups excluding carboxylic acids is 1. The zero-order chi connectivity index (χ0) is 20.5. The summed E-state index contributed by atoms with van der Waals surface area (Å²) in [5.41, 5.74) is 0.638. The maximum Gasteiger partial charge on any atom is 0.246 e. The van der Waals surface area contributed by atoms with Crippen molar-refractivity contribution >= 4 is 29.2 Å². The number of carbonyl (C=O) groups is 1. The summed E-state index contributed by atoms with van der Waals surface area (Å²) in [5, 5.41) is 8.88. The van der Waals surface area contributed by atoms with E-state index in [0.717, 1.165) is 17.7 Å². The van der Waals surface area contributed by atoms with E-state index in [1.165, 1.54) is 0 Å². The van der Waals surface area contributed by atoms with Gasteiger partial charge in [-0.3, -0.25) is 4.79 Å². The second kappa shape index (κ2) is 10.6. The van der Waals surface area contributed by atoms with Gasteiger partial charge in [-0.2, -0.15) is 0 Å². The summed E-state index contributed by atoms with van der Waals surface area (Å²) in [6, 6.07) is 9.12. The molecule has 0 spiro atoms. The van der Waals surface area contributed by atoms with E-state index in [0.29, 0.717) is 30.5 Å². The van der Waals surface area contributed by atoms with E-state index in [9.17, 15) is 18.0 Å². The molecule has 28 heavy (non-hydrogen) atoms. The number of amides is 1. The summed E-state index contributed by atoms with van der Waals surface area (Å²) in [6.45, 7) is 2.68. The Bertz CT molecular complexity index is 844. The molecule has 0 atom stereocenters. The fraction of sp³-hybridized carbons (Fsp3) is 0.263. The second-order valence-electron chi connectivity index (χ2n) is 5.77. The Morgan fingerprint density at radius 1 is 1.04 bits per heavy atom. The molecule has 0 bridgehead atoms. The molecule has 9 heteroatoms. The van der Waals surface area contributed by atoms with Crippen molar-refractivity contribution < 1.29 is 18.0 Å². The monoisotopic (exact) mass is 412 g/mol. The average molecular weight is 413 g/mol. The third-order valence-corrected chi connectivity index (χ3v) is 3.91. The molecule has 0 aliphatic rings. The molecule has 1 amide bonds. The largest absolute Gasteiger partial charge is 0.357 e. The highest BCUT2D eigenvalue weighted by atomic mass is 35.5. The van der Waals surface area contributed by atoms with Crippen LogP contribution in [0, 0.1) is 17.5 Å². The molecule has 0 unspecified atom stereocenters. The minimum atomic E-state index is -1.64. The van der Waals surface area contributed by atoms with Crippen LogP contribution >= 0.6 is 11.6 Å². The standard InChI is InChI=1S/C19H20ClF3N4O/c1-2-24-19(25-10-9-12-3-5-13(20)6-4-12)26-11-16(28)27-15-8-7-14(21)17(22)18(15)23/h3-8H,2,9-11H2,1H3,(H,27,28)(H2,24,25,26). The molecule has 0 aliphatic carbocycles. The summed E-state index contributed by atoms with van der Waals surface area (Å²) in [4.78, 5) is 16.0. The second-order valence-corrected chi connectivity index (χ2v) is 6.21. The van der Waals surface area contributed by atoms with Gasteiger partial charge >= 0.3 is 0 Å². The van der Waals surface area contributed by atoms with Crippen LogP contribution < -0.4 is 16.0 Å². The van der Waals surface area contributed by atoms with Gasteiger partial charge in [-0.25, -0.2) is 18.2 Å². The lowest BCUT2D eigenvalue weighted by Gasteiger charge is -2.11. The number of guanidine groups is 1. The van der Waals surface area contributed by atoms with Crippen LogP contribution in [-0.2, 0) is 11.2 Å². The summed E-state index contributed by atoms with van der Waals surface area (Å²) in [7, 11) is 0. The highest BCUT2D eigenvalue weighted by Gasteiger charge is 2.15. The minimum absolute atomic E-state index is 0.325. The van der Waals surface area contributed by atoms with E-state index in [4.69, 9.17) is 11.6 Å². The van der Waals surface area contributed by atoms with E-state index in [-0.39, 0.29) is 6.54 Å². The van der Waals surface area contributed by atoms with E-state index in [2.05, 4.69) is 20.9 Å². The van der Waals surface area contributed by atoms with Gasteiger partial charge in [0, 0.05) is 18.1 Å². The lowest BCUT2D eigenvalue weighted by atomic mass is 10.1. The van der Waals surface area contributed by atoms with Crippen molar-refractivity contribution in [3.8, 4) is 0 Å². The van der Waals surface area contributed by atoms with Gasteiger partial charge in [0.25, 0.3) is 0 Å². The quantitative estimate of drug-likeness (QED) is 0.370. The van der Waals surface area contributed by atoms with Crippen LogP contribution in [0.1, 0.15) is 12.5 Å². The molecule has 0 aliphatic heterocycles. The van der Waals surface area contributed by atoms with Gasteiger partial charge in [-0.05, 0) is 43.2 Å². The van der Waals surface area contributed by atoms with Crippen LogP contribution in [0.2, 0.25) is 5.02 Å². The minimum Gasteiger partial charge on any atom is -0.357 e. The number of halogens is 4. The maximum absolute atomic E-state index is 13.6. The Labute approximate surface area is 166 Å². The Balaban J connectivity index is 1.89. The summed E-state index contributed by atoms with van der Waals surface area (Å²) >= 11 is 5.85. The number of hydrogen-bond acceptors (Lipinski definition) is 2. The van der Waals surface area contributed by atoms with Gasteiger partial charge in [-0.1, -0.05) is 23.7 Å². The van der Waals surface area contributed by atoms with Crippen LogP contribution in [0.3, 0.4) is 0 Å². The predicted molar refractivity (Wildman–Crippen MR) is 104 cm³/mol. The molecule has 150 valence electrons. The van der Waals surface area contributed by atoms with E-state index in [1.54, 1.807) is 12.1 Å². The summed E-state index contributed by atoms with van der Waals surface area (Å²) in [6.07, 6.45) is 0.716. The number of nitrogens with zero attached hydrogens (tertiary/aromatic N) is 1. The highest BCUT2D eigenvalue weighted by Crippen LogP contribution is 2.19. The normalized spacial score (nSPS) is 11.2. The fourth-order valence-electron chi connectivity index (χ4n) is 2.28. The molecular formula is C19H20ClF3N4O. The molecule has 2 aromatic carbocycles. The van der Waals surface area contributed by atoms with Gasteiger partial charge in [-0.15, -0.1) is 0 Å². The van der Waals surface area contributed by atoms with Crippen LogP contribution in [0.4, 0.5) is 18.9 Å². The van der Waals surface area contributed by atoms with Crippen molar-refractivity contribution in [2.24, 2.45) is 4.99 Å². The molecule has 0 radical (unpaired) electrons. The Kier molecular flexibility index (Phi) is 8.13. The summed E-state index contributed by atoms with van der Waals surface area (Å²) in [5.74, 6) is -4.69. The Hall–Kier alpha value is -2.74. The number of rotatable bonds is 7. The first-order valence-corrected chi connectivity index (χ1v) is 8.98. The SMILES string of the molecule is CCNC(=NCC(=O)Nc1ccc(F)c(F)c1F)NCCc1ccc(Cl)cc1. The number of benzene rings is 2. The van der Waals surface area contributed by atoms with Crippen molar-refractivity contribution in [1.82, 2.24) is 10.6 Å². The van der Waals surface area contributed by atoms with Gasteiger partial charge in [0.1, 0.15) is 6.54 Å². The molecular weight excluding hydrogens is 393 g/mol. The lowest BCUT2D eigenvalue weighted by molar-refractivity contribution is -0.114. The molecule has 0 saturated heterocycles. The molecule has 0 aromatic heterocycles. The molecule has 0 heterocycles. The Morgan fingerprint density at radius 3 is 2.43 bits per heavy atom. The van der Waals surface area contributed by atoms with Crippen LogP contribution in [-0.4, -0.2) is 31.5 Å². The number of nitrogens with one attached hydrogen (secondary N) is 3. The average Bonchev–Trinajstić information content (AvgIpc) is 2.68. The first-order chi connectivity index (χ1) is 13.4.